The van der Waals surface area contributed by atoms with Gasteiger partial charge in [0.25, 0.3) is 5.91 Å². The van der Waals surface area contributed by atoms with Crippen LogP contribution in [0.4, 0.5) is 5.69 Å². The average Bonchev–Trinajstić information content (AvgIpc) is 2.79. The lowest BCUT2D eigenvalue weighted by Gasteiger charge is -2.31. The number of carbonyl (C=O) groups excluding carboxylic acids is 1. The number of nitrogen functional groups attached to an aromatic ring is 1. The van der Waals surface area contributed by atoms with E-state index in [1.807, 2.05) is 21.7 Å². The number of hydrogen-bond donors (Lipinski definition) is 1. The number of rotatable bonds is 4. The number of hydrogen-bond acceptors (Lipinski definition) is 2. The van der Waals surface area contributed by atoms with E-state index < -0.39 is 0 Å². The Bertz CT molecular complexity index is 431. The first-order valence-corrected chi connectivity index (χ1v) is 7.40. The number of nitrogens with two attached hydrogens (primary N) is 1. The first kappa shape index (κ1) is 14.0. The molecule has 0 aliphatic carbocycles. The molecule has 0 bridgehead atoms. The summed E-state index contributed by atoms with van der Waals surface area (Å²) in [5, 5.41) is 0. The molecule has 0 saturated carbocycles. The number of nitrogens with zero attached hydrogens (tertiary/aromatic N) is 2. The van der Waals surface area contributed by atoms with Crippen molar-refractivity contribution < 1.29 is 4.79 Å². The summed E-state index contributed by atoms with van der Waals surface area (Å²) < 4.78 is 1.99. The van der Waals surface area contributed by atoms with Gasteiger partial charge >= 0.3 is 0 Å². The third-order valence-electron chi connectivity index (χ3n) is 4.08. The lowest BCUT2D eigenvalue weighted by Crippen LogP contribution is -2.39. The van der Waals surface area contributed by atoms with E-state index in [2.05, 4.69) is 13.8 Å². The van der Waals surface area contributed by atoms with E-state index >= 15 is 0 Å². The van der Waals surface area contributed by atoms with Crippen LogP contribution in [-0.2, 0) is 6.54 Å². The van der Waals surface area contributed by atoms with Crippen molar-refractivity contribution in [1.29, 1.82) is 0 Å². The van der Waals surface area contributed by atoms with Crippen LogP contribution in [0, 0.1) is 5.92 Å². The lowest BCUT2D eigenvalue weighted by molar-refractivity contribution is 0.0677. The maximum atomic E-state index is 12.6. The Labute approximate surface area is 115 Å². The molecule has 0 aromatic carbocycles. The number of likely N-dealkylation sites (tertiary alicyclic amines) is 1. The van der Waals surface area contributed by atoms with Crippen molar-refractivity contribution >= 4 is 11.6 Å². The molecular weight excluding hydrogens is 238 g/mol. The molecule has 19 heavy (non-hydrogen) atoms. The normalized spacial score (nSPS) is 16.8. The second kappa shape index (κ2) is 6.13. The highest BCUT2D eigenvalue weighted by Gasteiger charge is 2.24. The molecule has 0 atom stereocenters. The third-order valence-corrected chi connectivity index (χ3v) is 4.08. The highest BCUT2D eigenvalue weighted by molar-refractivity contribution is 5.93. The summed E-state index contributed by atoms with van der Waals surface area (Å²) in [5.74, 6) is 0.927. The second-order valence-corrected chi connectivity index (χ2v) is 5.50. The van der Waals surface area contributed by atoms with Gasteiger partial charge < -0.3 is 15.2 Å². The maximum Gasteiger partial charge on any atom is 0.270 e. The van der Waals surface area contributed by atoms with Gasteiger partial charge in [0, 0.05) is 25.8 Å². The molecule has 4 heteroatoms. The van der Waals surface area contributed by atoms with Crippen molar-refractivity contribution in [2.45, 2.75) is 46.1 Å². The van der Waals surface area contributed by atoms with Crippen molar-refractivity contribution in [3.63, 3.8) is 0 Å². The summed E-state index contributed by atoms with van der Waals surface area (Å²) in [6.45, 7) is 6.96. The summed E-state index contributed by atoms with van der Waals surface area (Å²) in [6.07, 6.45) is 6.36. The van der Waals surface area contributed by atoms with E-state index in [4.69, 9.17) is 5.73 Å². The fourth-order valence-electron chi connectivity index (χ4n) is 2.84. The van der Waals surface area contributed by atoms with Gasteiger partial charge in [-0.3, -0.25) is 4.79 Å². The van der Waals surface area contributed by atoms with Gasteiger partial charge in [-0.25, -0.2) is 0 Å². The quantitative estimate of drug-likeness (QED) is 0.908. The van der Waals surface area contributed by atoms with Gasteiger partial charge in [-0.15, -0.1) is 0 Å². The van der Waals surface area contributed by atoms with Crippen molar-refractivity contribution in [3.05, 3.63) is 18.0 Å². The summed E-state index contributed by atoms with van der Waals surface area (Å²) in [5.41, 5.74) is 7.25. The maximum absolute atomic E-state index is 12.6. The third kappa shape index (κ3) is 3.11. The molecule has 1 saturated heterocycles. The van der Waals surface area contributed by atoms with Crippen LogP contribution in [0.3, 0.4) is 0 Å². The SMILES string of the molecule is CCCn1cc(N)cc1C(=O)N1CCC(CC)CC1. The van der Waals surface area contributed by atoms with Crippen molar-refractivity contribution in [2.24, 2.45) is 5.92 Å². The Balaban J connectivity index is 2.07. The molecular formula is C15H25N3O. The molecule has 2 N–H and O–H groups in total. The minimum absolute atomic E-state index is 0.139. The predicted molar refractivity (Wildman–Crippen MR) is 78.1 cm³/mol. The monoisotopic (exact) mass is 263 g/mol. The standard InChI is InChI=1S/C15H25N3O/c1-3-7-18-11-13(16)10-14(18)15(19)17-8-5-12(4-2)6-9-17/h10-12H,3-9,16H2,1-2H3. The molecule has 1 aromatic heterocycles. The molecule has 0 unspecified atom stereocenters. The highest BCUT2D eigenvalue weighted by Crippen LogP contribution is 2.22. The van der Waals surface area contributed by atoms with Crippen molar-refractivity contribution in [2.75, 3.05) is 18.8 Å². The Morgan fingerprint density at radius 2 is 2.05 bits per heavy atom. The molecule has 1 amide bonds. The smallest absolute Gasteiger partial charge is 0.270 e. The Morgan fingerprint density at radius 3 is 2.63 bits per heavy atom. The van der Waals surface area contributed by atoms with Gasteiger partial charge in [-0.2, -0.15) is 0 Å². The lowest BCUT2D eigenvalue weighted by atomic mass is 9.94. The van der Waals surface area contributed by atoms with E-state index in [9.17, 15) is 4.79 Å². The zero-order valence-corrected chi connectivity index (χ0v) is 12.1. The fourth-order valence-corrected chi connectivity index (χ4v) is 2.84. The number of piperidine rings is 1. The Hall–Kier alpha value is -1.45. The van der Waals surface area contributed by atoms with Crippen molar-refractivity contribution in [3.8, 4) is 0 Å². The molecule has 1 aliphatic rings. The van der Waals surface area contributed by atoms with Crippen LogP contribution in [0.1, 0.15) is 50.0 Å². The predicted octanol–water partition coefficient (Wildman–Crippen LogP) is 2.74. The van der Waals surface area contributed by atoms with Gasteiger partial charge in [0.2, 0.25) is 0 Å². The molecule has 2 rings (SSSR count). The second-order valence-electron chi connectivity index (χ2n) is 5.50. The van der Waals surface area contributed by atoms with Crippen LogP contribution in [0.25, 0.3) is 0 Å². The van der Waals surface area contributed by atoms with E-state index in [0.717, 1.165) is 50.5 Å². The first-order valence-electron chi connectivity index (χ1n) is 7.40. The van der Waals surface area contributed by atoms with Crippen LogP contribution >= 0.6 is 0 Å². The minimum Gasteiger partial charge on any atom is -0.397 e. The van der Waals surface area contributed by atoms with Gasteiger partial charge in [-0.05, 0) is 31.2 Å². The molecule has 0 spiro atoms. The van der Waals surface area contributed by atoms with Gasteiger partial charge in [-0.1, -0.05) is 20.3 Å². The van der Waals surface area contributed by atoms with E-state index in [0.29, 0.717) is 5.69 Å². The van der Waals surface area contributed by atoms with Gasteiger partial charge in [0.1, 0.15) is 5.69 Å². The number of anilines is 1. The summed E-state index contributed by atoms with van der Waals surface area (Å²) >= 11 is 0. The number of amides is 1. The van der Waals surface area contributed by atoms with Crippen LogP contribution in [0.2, 0.25) is 0 Å². The van der Waals surface area contributed by atoms with E-state index in [1.54, 1.807) is 0 Å². The molecule has 2 heterocycles. The topological polar surface area (TPSA) is 51.3 Å². The zero-order chi connectivity index (χ0) is 13.8. The Morgan fingerprint density at radius 1 is 1.37 bits per heavy atom. The minimum atomic E-state index is 0.139. The van der Waals surface area contributed by atoms with Gasteiger partial charge in [0.15, 0.2) is 0 Å². The molecule has 0 radical (unpaired) electrons. The van der Waals surface area contributed by atoms with Gasteiger partial charge in [0.05, 0.1) is 5.69 Å². The molecule has 1 aromatic rings. The van der Waals surface area contributed by atoms with Crippen LogP contribution in [-0.4, -0.2) is 28.5 Å². The van der Waals surface area contributed by atoms with E-state index in [1.165, 1.54) is 6.42 Å². The van der Waals surface area contributed by atoms with E-state index in [-0.39, 0.29) is 5.91 Å². The first-order chi connectivity index (χ1) is 9.15. The molecule has 1 aliphatic heterocycles. The number of carbonyl (C=O) groups is 1. The average molecular weight is 263 g/mol. The molecule has 4 nitrogen and oxygen atoms in total. The largest absolute Gasteiger partial charge is 0.397 e. The Kier molecular flexibility index (Phi) is 4.51. The fraction of sp³-hybridized carbons (Fsp3) is 0.667. The van der Waals surface area contributed by atoms with Crippen LogP contribution in [0.5, 0.6) is 0 Å². The van der Waals surface area contributed by atoms with Crippen molar-refractivity contribution in [1.82, 2.24) is 9.47 Å². The molecule has 106 valence electrons. The van der Waals surface area contributed by atoms with Crippen LogP contribution in [0.15, 0.2) is 12.3 Å². The molecule has 1 fully saturated rings. The summed E-state index contributed by atoms with van der Waals surface area (Å²) in [6, 6.07) is 1.81. The number of aryl methyl sites for hydroxylation is 1. The zero-order valence-electron chi connectivity index (χ0n) is 12.1. The highest BCUT2D eigenvalue weighted by atomic mass is 16.2. The number of aromatic nitrogens is 1. The summed E-state index contributed by atoms with van der Waals surface area (Å²) in [4.78, 5) is 14.5. The summed E-state index contributed by atoms with van der Waals surface area (Å²) in [7, 11) is 0. The van der Waals surface area contributed by atoms with Crippen LogP contribution < -0.4 is 5.73 Å².